The van der Waals surface area contributed by atoms with Crippen molar-refractivity contribution in [2.75, 3.05) is 26.2 Å². The number of rotatable bonds is 49. The fourth-order valence-corrected chi connectivity index (χ4v) is 12.2. The van der Waals surface area contributed by atoms with E-state index in [9.17, 15) is 101 Å². The molecule has 0 aromatic rings. The highest BCUT2D eigenvalue weighted by molar-refractivity contribution is 6.03. The lowest BCUT2D eigenvalue weighted by molar-refractivity contribution is -0.145. The fourth-order valence-electron chi connectivity index (χ4n) is 12.2. The molecule has 0 saturated carbocycles. The van der Waals surface area contributed by atoms with Crippen molar-refractivity contribution in [2.45, 2.75) is 330 Å². The van der Waals surface area contributed by atoms with Crippen LogP contribution < -0.4 is 102 Å². The smallest absolute Gasteiger partial charge is 0.248 e. The van der Waals surface area contributed by atoms with E-state index in [1.165, 1.54) is 116 Å². The molecule has 1 aliphatic heterocycles. The SMILES string of the molecule is CC[C@@](C)(NC(=O)C(C)(C)NC(=O)[C@H](CC(C)C)NC(=O)[C@@H]1CCCN1C(=O)C(C)(C)NC(=O)[C@H](CC(C)C)NC(=O)CNC(=O)C(C)(C)NC(=O)[C@@H](NC(=O)C(C)(C)NC(=O)[C@H](CCC(N)=O)NC(=O)[C@H](C)NC(=O)C(C)(C)NC(=O)[C@H](C)NC(=O)CNC(=O)C(C)(C)NC(C)=O)C(C)C)C(=O)N[C@@H](CCC(N)=O)C(=O)N[C@H](CO)CC(C)C. The van der Waals surface area contributed by atoms with Crippen molar-refractivity contribution in [1.29, 1.82) is 0 Å². The molecule has 0 aliphatic carbocycles. The van der Waals surface area contributed by atoms with Crippen LogP contribution in [0.3, 0.4) is 0 Å². The molecule has 0 aromatic carbocycles. The molecular weight excluding hydrogens is 1560 g/mol. The standard InChI is InChI=1S/C79H138N20O21/c1-26-79(25,71(119)90-48(29-31-53(80)102)60(108)86-47(39-100)34-40(2)3)98-70(118)77(21,22)95-63(111)51(36-42(6)7)89-64(112)52-28-27-33-99(52)72(120)78(23,24)96-62(110)50(35-41(4)5)87-56(105)38-83-67(115)74(15,16)97-65(113)57(43(8)9)91-69(117)76(19,20)94-61(109)49(30-32-54(81)103)88-58(106)44(10)85-68(116)75(17,18)93-59(107)45(11)84-55(104)37-82-66(114)73(13,14)92-46(12)101/h40-45,47-52,57,100H,26-39H2,1-25H3,(H2,80,102)(H2,81,103)(H,82,114)(H,83,115)(H,84,104)(H,85,116)(H,86,108)(H,87,105)(H,88,106)(H,89,112)(H,90,119)(H,91,117)(H,92,101)(H,93,107)(H,94,109)(H,95,111)(H,96,110)(H,97,113)(H,98,118)/t44-,45-,47-,48-,49-,50-,51-,52-,57-,79+/m0/s1. The first-order valence-corrected chi connectivity index (χ1v) is 40.5. The molecule has 0 unspecified atom stereocenters. The molecule has 0 aromatic heterocycles. The number of carbonyl (C=O) groups excluding carboxylic acids is 20. The average Bonchev–Trinajstić information content (AvgIpc) is 1.73. The molecule has 41 heteroatoms. The number of aliphatic hydroxyl groups is 1. The molecule has 0 spiro atoms. The molecule has 1 saturated heterocycles. The van der Waals surface area contributed by atoms with Gasteiger partial charge in [0.15, 0.2) is 0 Å². The van der Waals surface area contributed by atoms with Crippen LogP contribution in [-0.2, 0) is 95.9 Å². The van der Waals surface area contributed by atoms with Gasteiger partial charge in [-0.05, 0) is 179 Å². The van der Waals surface area contributed by atoms with Gasteiger partial charge in [-0.3, -0.25) is 95.9 Å². The monoisotopic (exact) mass is 1700 g/mol. The van der Waals surface area contributed by atoms with Crippen LogP contribution in [0, 0.1) is 23.7 Å². The largest absolute Gasteiger partial charge is 0.394 e. The van der Waals surface area contributed by atoms with Gasteiger partial charge >= 0.3 is 0 Å². The first-order chi connectivity index (χ1) is 54.8. The Hall–Kier alpha value is -10.6. The Kier molecular flexibility index (Phi) is 41.4. The first kappa shape index (κ1) is 107. The van der Waals surface area contributed by atoms with Crippen molar-refractivity contribution in [3.8, 4) is 0 Å². The maximum absolute atomic E-state index is 14.5. The lowest BCUT2D eigenvalue weighted by atomic mass is 9.93. The van der Waals surface area contributed by atoms with Crippen LogP contribution in [0.2, 0.25) is 0 Å². The molecule has 41 nitrogen and oxygen atoms in total. The van der Waals surface area contributed by atoms with E-state index < -0.39 is 250 Å². The van der Waals surface area contributed by atoms with E-state index in [2.05, 4.69) is 90.4 Å². The Bertz CT molecular complexity index is 3740. The van der Waals surface area contributed by atoms with Crippen LogP contribution in [0.5, 0.6) is 0 Å². The van der Waals surface area contributed by atoms with Gasteiger partial charge in [-0.2, -0.15) is 0 Å². The molecule has 1 aliphatic rings. The Morgan fingerprint density at radius 1 is 0.400 bits per heavy atom. The van der Waals surface area contributed by atoms with Crippen molar-refractivity contribution in [3.63, 3.8) is 0 Å². The molecule has 1 rings (SSSR count). The summed E-state index contributed by atoms with van der Waals surface area (Å²) in [7, 11) is 0. The minimum atomic E-state index is -1.88. The van der Waals surface area contributed by atoms with Crippen LogP contribution in [0.1, 0.15) is 237 Å². The van der Waals surface area contributed by atoms with Gasteiger partial charge in [0, 0.05) is 26.3 Å². The van der Waals surface area contributed by atoms with E-state index in [0.29, 0.717) is 12.8 Å². The van der Waals surface area contributed by atoms with Crippen LogP contribution >= 0.6 is 0 Å². The van der Waals surface area contributed by atoms with E-state index in [1.807, 2.05) is 13.8 Å². The van der Waals surface area contributed by atoms with E-state index >= 15 is 0 Å². The minimum Gasteiger partial charge on any atom is -0.394 e. The zero-order chi connectivity index (χ0) is 93.1. The lowest BCUT2D eigenvalue weighted by Gasteiger charge is -2.36. The van der Waals surface area contributed by atoms with Crippen LogP contribution in [0.25, 0.3) is 0 Å². The zero-order valence-corrected chi connectivity index (χ0v) is 74.6. The first-order valence-electron chi connectivity index (χ1n) is 40.5. The lowest BCUT2D eigenvalue weighted by Crippen LogP contribution is -2.66. The highest BCUT2D eigenvalue weighted by Gasteiger charge is 2.47. The van der Waals surface area contributed by atoms with Crippen LogP contribution in [-0.4, -0.2) is 248 Å². The van der Waals surface area contributed by atoms with Gasteiger partial charge in [0.25, 0.3) is 0 Å². The molecule has 20 amide bonds. The summed E-state index contributed by atoms with van der Waals surface area (Å²) in [6, 6.07) is -11.3. The second-order valence-electron chi connectivity index (χ2n) is 35.8. The van der Waals surface area contributed by atoms with E-state index in [-0.39, 0.29) is 62.8 Å². The van der Waals surface area contributed by atoms with Gasteiger partial charge in [-0.1, -0.05) is 62.3 Å². The van der Waals surface area contributed by atoms with Crippen molar-refractivity contribution < 1.29 is 101 Å². The number of nitrogens with zero attached hydrogens (tertiary/aromatic N) is 1. The molecule has 680 valence electrons. The van der Waals surface area contributed by atoms with Crippen molar-refractivity contribution in [3.05, 3.63) is 0 Å². The normalized spacial score (nSPS) is 15.8. The third kappa shape index (κ3) is 35.3. The second kappa shape index (κ2) is 46.2. The molecule has 1 heterocycles. The Balaban J connectivity index is 3.19. The fraction of sp³-hybridized carbons (Fsp3) is 0.747. The summed E-state index contributed by atoms with van der Waals surface area (Å²) < 4.78 is 0. The van der Waals surface area contributed by atoms with E-state index in [4.69, 9.17) is 11.5 Å². The summed E-state index contributed by atoms with van der Waals surface area (Å²) >= 11 is 0. The van der Waals surface area contributed by atoms with Gasteiger partial charge in [0.2, 0.25) is 118 Å². The third-order valence-corrected chi connectivity index (χ3v) is 19.7. The van der Waals surface area contributed by atoms with Crippen LogP contribution in [0.4, 0.5) is 0 Å². The predicted octanol–water partition coefficient (Wildman–Crippen LogP) is -3.88. The van der Waals surface area contributed by atoms with Crippen LogP contribution in [0.15, 0.2) is 0 Å². The van der Waals surface area contributed by atoms with Crippen molar-refractivity contribution in [1.82, 2.24) is 95.3 Å². The Morgan fingerprint density at radius 2 is 0.800 bits per heavy atom. The van der Waals surface area contributed by atoms with Crippen molar-refractivity contribution >= 4 is 118 Å². The molecule has 0 bridgehead atoms. The molecule has 0 radical (unpaired) electrons. The molecule has 22 N–H and O–H groups in total. The number of amides is 20. The summed E-state index contributed by atoms with van der Waals surface area (Å²) in [5.41, 5.74) is -1.15. The maximum atomic E-state index is 14.5. The third-order valence-electron chi connectivity index (χ3n) is 19.7. The number of nitrogens with two attached hydrogens (primary N) is 2. The Morgan fingerprint density at radius 3 is 1.25 bits per heavy atom. The molecule has 10 atom stereocenters. The van der Waals surface area contributed by atoms with Gasteiger partial charge in [-0.15, -0.1) is 0 Å². The predicted molar refractivity (Wildman–Crippen MR) is 441 cm³/mol. The quantitative estimate of drug-likeness (QED) is 0.0277. The van der Waals surface area contributed by atoms with Crippen molar-refractivity contribution in [2.24, 2.45) is 35.1 Å². The van der Waals surface area contributed by atoms with E-state index in [1.54, 1.807) is 48.5 Å². The highest BCUT2D eigenvalue weighted by atomic mass is 16.3. The summed E-state index contributed by atoms with van der Waals surface area (Å²) in [6.45, 7) is 35.3. The highest BCUT2D eigenvalue weighted by Crippen LogP contribution is 2.24. The van der Waals surface area contributed by atoms with E-state index in [0.717, 1.165) is 0 Å². The number of primary amides is 2. The zero-order valence-electron chi connectivity index (χ0n) is 74.6. The summed E-state index contributed by atoms with van der Waals surface area (Å²) in [4.78, 5) is 270. The van der Waals surface area contributed by atoms with Gasteiger partial charge in [-0.25, -0.2) is 0 Å². The number of hydrogen-bond donors (Lipinski definition) is 20. The number of carbonyl (C=O) groups is 20. The maximum Gasteiger partial charge on any atom is 0.248 e. The molecular formula is C79H138N20O21. The average molecular weight is 1700 g/mol. The molecule has 1 fully saturated rings. The van der Waals surface area contributed by atoms with Gasteiger partial charge in [0.1, 0.15) is 87.1 Å². The number of aliphatic hydroxyl groups excluding tert-OH is 1. The van der Waals surface area contributed by atoms with Gasteiger partial charge < -0.3 is 112 Å². The number of likely N-dealkylation sites (tertiary alicyclic amines) is 1. The molecule has 120 heavy (non-hydrogen) atoms. The Labute approximate surface area is 703 Å². The minimum absolute atomic E-state index is 0.0128. The second-order valence-corrected chi connectivity index (χ2v) is 35.8. The number of nitrogens with one attached hydrogen (secondary N) is 17. The summed E-state index contributed by atoms with van der Waals surface area (Å²) in [5.74, 6) is -17.2. The summed E-state index contributed by atoms with van der Waals surface area (Å²) in [6.07, 6.45) is -0.310. The summed E-state index contributed by atoms with van der Waals surface area (Å²) in [5, 5.41) is 53.2. The van der Waals surface area contributed by atoms with Gasteiger partial charge in [0.05, 0.1) is 25.7 Å². The topological polar surface area (TPSA) is 621 Å². The number of hydrogen-bond acceptors (Lipinski definition) is 21.